The number of aryl methyl sites for hydroxylation is 1. The van der Waals surface area contributed by atoms with Crippen LogP contribution < -0.4 is 5.56 Å². The Morgan fingerprint density at radius 1 is 1.44 bits per heavy atom. The van der Waals surface area contributed by atoms with E-state index in [-0.39, 0.29) is 5.56 Å². The molecule has 2 aromatic heterocycles. The van der Waals surface area contributed by atoms with E-state index in [4.69, 9.17) is 0 Å². The van der Waals surface area contributed by atoms with Crippen LogP contribution in [0.2, 0.25) is 0 Å². The molecular formula is C9H13N5O2. The molecule has 2 rings (SSSR count). The second-order valence-corrected chi connectivity index (χ2v) is 3.83. The average Bonchev–Trinajstić information content (AvgIpc) is 2.61. The Labute approximate surface area is 91.3 Å². The van der Waals surface area contributed by atoms with Gasteiger partial charge < -0.3 is 5.11 Å². The maximum Gasteiger partial charge on any atom is 0.281 e. The molecule has 2 unspecified atom stereocenters. The molecule has 0 aromatic carbocycles. The molecule has 0 amide bonds. The first-order chi connectivity index (χ1) is 7.52. The number of fused-ring (bicyclic) bond motifs is 1. The second-order valence-electron chi connectivity index (χ2n) is 3.83. The number of aliphatic hydroxyl groups excluding tert-OH is 1. The van der Waals surface area contributed by atoms with Gasteiger partial charge in [-0.2, -0.15) is 5.10 Å². The Hall–Kier alpha value is -1.76. The van der Waals surface area contributed by atoms with Crippen LogP contribution in [-0.2, 0) is 7.05 Å². The van der Waals surface area contributed by atoms with Crippen molar-refractivity contribution in [2.24, 2.45) is 7.05 Å². The van der Waals surface area contributed by atoms with E-state index in [0.717, 1.165) is 0 Å². The highest BCUT2D eigenvalue weighted by Crippen LogP contribution is 2.08. The summed E-state index contributed by atoms with van der Waals surface area (Å²) in [6.07, 6.45) is 0.790. The first kappa shape index (κ1) is 10.7. The van der Waals surface area contributed by atoms with Crippen LogP contribution in [0, 0.1) is 0 Å². The lowest BCUT2D eigenvalue weighted by atomic mass is 10.2. The molecule has 0 saturated heterocycles. The third kappa shape index (κ3) is 1.49. The predicted molar refractivity (Wildman–Crippen MR) is 57.0 cm³/mol. The molecule has 2 heterocycles. The fourth-order valence-corrected chi connectivity index (χ4v) is 1.43. The highest BCUT2D eigenvalue weighted by molar-refractivity contribution is 5.72. The van der Waals surface area contributed by atoms with E-state index in [2.05, 4.69) is 15.4 Å². The summed E-state index contributed by atoms with van der Waals surface area (Å²) in [5, 5.41) is 21.5. The quantitative estimate of drug-likeness (QED) is 0.739. The number of aromatic nitrogens is 5. The molecule has 86 valence electrons. The number of rotatable bonds is 2. The zero-order valence-corrected chi connectivity index (χ0v) is 9.32. The third-order valence-electron chi connectivity index (χ3n) is 2.67. The molecule has 7 nitrogen and oxygen atoms in total. The maximum absolute atomic E-state index is 12.0. The van der Waals surface area contributed by atoms with Gasteiger partial charge in [-0.25, -0.2) is 9.36 Å². The van der Waals surface area contributed by atoms with E-state index in [0.29, 0.717) is 11.0 Å². The lowest BCUT2D eigenvalue weighted by Crippen LogP contribution is -2.32. The monoisotopic (exact) mass is 223 g/mol. The third-order valence-corrected chi connectivity index (χ3v) is 2.67. The van der Waals surface area contributed by atoms with Crippen molar-refractivity contribution in [1.82, 2.24) is 24.8 Å². The van der Waals surface area contributed by atoms with Crippen molar-refractivity contribution in [2.45, 2.75) is 26.0 Å². The number of aliphatic hydroxyl groups is 1. The largest absolute Gasteiger partial charge is 0.391 e. The van der Waals surface area contributed by atoms with E-state index >= 15 is 0 Å². The van der Waals surface area contributed by atoms with Crippen molar-refractivity contribution in [2.75, 3.05) is 0 Å². The topological polar surface area (TPSA) is 85.8 Å². The fourth-order valence-electron chi connectivity index (χ4n) is 1.43. The fraction of sp³-hybridized carbons (Fsp3) is 0.556. The summed E-state index contributed by atoms with van der Waals surface area (Å²) in [5.41, 5.74) is 0.158. The molecule has 2 atom stereocenters. The minimum atomic E-state index is -0.666. The van der Waals surface area contributed by atoms with Crippen molar-refractivity contribution in [3.8, 4) is 0 Å². The molecule has 7 heteroatoms. The van der Waals surface area contributed by atoms with Gasteiger partial charge in [-0.05, 0) is 13.8 Å². The highest BCUT2D eigenvalue weighted by Gasteiger charge is 2.17. The van der Waals surface area contributed by atoms with Gasteiger partial charge in [0, 0.05) is 7.05 Å². The van der Waals surface area contributed by atoms with Crippen LogP contribution in [0.15, 0.2) is 11.0 Å². The first-order valence-corrected chi connectivity index (χ1v) is 4.97. The lowest BCUT2D eigenvalue weighted by molar-refractivity contribution is 0.128. The summed E-state index contributed by atoms with van der Waals surface area (Å²) >= 11 is 0. The number of nitrogens with zero attached hydrogens (tertiary/aromatic N) is 5. The molecule has 0 radical (unpaired) electrons. The first-order valence-electron chi connectivity index (χ1n) is 4.97. The Morgan fingerprint density at radius 3 is 2.75 bits per heavy atom. The SMILES string of the molecule is CC(O)C(C)n1nnc2c(cnn2C)c1=O. The van der Waals surface area contributed by atoms with E-state index in [1.54, 1.807) is 20.9 Å². The van der Waals surface area contributed by atoms with Crippen LogP contribution in [0.1, 0.15) is 19.9 Å². The van der Waals surface area contributed by atoms with Gasteiger partial charge in [0.05, 0.1) is 18.3 Å². The average molecular weight is 223 g/mol. The van der Waals surface area contributed by atoms with E-state index in [9.17, 15) is 9.90 Å². The Bertz CT molecular complexity index is 571. The lowest BCUT2D eigenvalue weighted by Gasteiger charge is -2.15. The smallest absolute Gasteiger partial charge is 0.281 e. The molecule has 0 aliphatic rings. The molecule has 1 N–H and O–H groups in total. The van der Waals surface area contributed by atoms with Crippen molar-refractivity contribution >= 4 is 11.0 Å². The minimum absolute atomic E-state index is 0.286. The van der Waals surface area contributed by atoms with Crippen LogP contribution in [0.3, 0.4) is 0 Å². The molecule has 16 heavy (non-hydrogen) atoms. The van der Waals surface area contributed by atoms with E-state index in [1.807, 2.05) is 0 Å². The van der Waals surface area contributed by atoms with Crippen molar-refractivity contribution in [3.05, 3.63) is 16.6 Å². The Balaban J connectivity index is 2.66. The summed E-state index contributed by atoms with van der Waals surface area (Å²) < 4.78 is 2.66. The van der Waals surface area contributed by atoms with Gasteiger partial charge in [-0.1, -0.05) is 5.21 Å². The van der Waals surface area contributed by atoms with Crippen LogP contribution in [0.4, 0.5) is 0 Å². The standard InChI is InChI=1S/C9H13N5O2/c1-5(6(2)15)14-9(16)7-4-10-13(3)8(7)11-12-14/h4-6,15H,1-3H3. The molecule has 0 spiro atoms. The summed E-state index contributed by atoms with van der Waals surface area (Å²) in [5.74, 6) is 0. The maximum atomic E-state index is 12.0. The second kappa shape index (κ2) is 3.67. The Morgan fingerprint density at radius 2 is 2.12 bits per heavy atom. The van der Waals surface area contributed by atoms with Crippen LogP contribution in [-0.4, -0.2) is 36.0 Å². The number of hydrogen-bond donors (Lipinski definition) is 1. The molecule has 0 fully saturated rings. The summed E-state index contributed by atoms with van der Waals surface area (Å²) in [6.45, 7) is 3.31. The van der Waals surface area contributed by atoms with Gasteiger partial charge in [-0.15, -0.1) is 5.10 Å². The van der Waals surface area contributed by atoms with Crippen molar-refractivity contribution < 1.29 is 5.11 Å². The van der Waals surface area contributed by atoms with E-state index < -0.39 is 12.1 Å². The van der Waals surface area contributed by atoms with E-state index in [1.165, 1.54) is 15.6 Å². The van der Waals surface area contributed by atoms with Gasteiger partial charge in [-0.3, -0.25) is 4.79 Å². The Kier molecular flexibility index (Phi) is 2.47. The van der Waals surface area contributed by atoms with Crippen molar-refractivity contribution in [1.29, 1.82) is 0 Å². The van der Waals surface area contributed by atoms with Crippen LogP contribution >= 0.6 is 0 Å². The minimum Gasteiger partial charge on any atom is -0.391 e. The molecule has 2 aromatic rings. The summed E-state index contributed by atoms with van der Waals surface area (Å²) in [4.78, 5) is 12.0. The highest BCUT2D eigenvalue weighted by atomic mass is 16.3. The van der Waals surface area contributed by atoms with Gasteiger partial charge >= 0.3 is 0 Å². The molecular weight excluding hydrogens is 210 g/mol. The summed E-state index contributed by atoms with van der Waals surface area (Å²) in [7, 11) is 1.69. The summed E-state index contributed by atoms with van der Waals surface area (Å²) in [6, 6.07) is -0.412. The van der Waals surface area contributed by atoms with Gasteiger partial charge in [0.15, 0.2) is 5.65 Å². The normalized spacial score (nSPS) is 15.2. The zero-order chi connectivity index (χ0) is 11.9. The molecule has 0 aliphatic carbocycles. The van der Waals surface area contributed by atoms with Crippen LogP contribution in [0.5, 0.6) is 0 Å². The molecule has 0 bridgehead atoms. The van der Waals surface area contributed by atoms with Gasteiger partial charge in [0.25, 0.3) is 5.56 Å². The van der Waals surface area contributed by atoms with Crippen molar-refractivity contribution in [3.63, 3.8) is 0 Å². The predicted octanol–water partition coefficient (Wildman–Crippen LogP) is -0.533. The van der Waals surface area contributed by atoms with Crippen LogP contribution in [0.25, 0.3) is 11.0 Å². The molecule has 0 aliphatic heterocycles. The van der Waals surface area contributed by atoms with Gasteiger partial charge in [0.2, 0.25) is 0 Å². The van der Waals surface area contributed by atoms with Gasteiger partial charge in [0.1, 0.15) is 5.39 Å². The zero-order valence-electron chi connectivity index (χ0n) is 9.32. The molecule has 0 saturated carbocycles. The number of hydrogen-bond acceptors (Lipinski definition) is 5.